The molecule has 1 aliphatic carbocycles. The Balaban J connectivity index is 2.05. The quantitative estimate of drug-likeness (QED) is 0.649. The van der Waals surface area contributed by atoms with Gasteiger partial charge in [-0.05, 0) is 25.2 Å². The van der Waals surface area contributed by atoms with Gasteiger partial charge in [0.2, 0.25) is 0 Å². The summed E-state index contributed by atoms with van der Waals surface area (Å²) < 4.78 is 5.70. The van der Waals surface area contributed by atoms with Crippen LogP contribution in [0.15, 0.2) is 0 Å². The fourth-order valence-electron chi connectivity index (χ4n) is 2.08. The number of ether oxygens (including phenoxy) is 1. The van der Waals surface area contributed by atoms with Crippen LogP contribution in [0.5, 0.6) is 0 Å². The molecule has 0 amide bonds. The summed E-state index contributed by atoms with van der Waals surface area (Å²) in [6, 6.07) is 0. The standard InChI is InChI=1S/C9H17NO/c1-9(6-10)4-5-11-8(9)7-2-3-7/h7-8H,2-6,10H2,1H3/t8-,9-/m0/s1. The highest BCUT2D eigenvalue weighted by Gasteiger charge is 2.47. The highest BCUT2D eigenvalue weighted by atomic mass is 16.5. The van der Waals surface area contributed by atoms with Crippen molar-refractivity contribution in [3.05, 3.63) is 0 Å². The summed E-state index contributed by atoms with van der Waals surface area (Å²) in [6.45, 7) is 3.98. The van der Waals surface area contributed by atoms with Crippen LogP contribution in [0.4, 0.5) is 0 Å². The third-order valence-corrected chi connectivity index (χ3v) is 3.17. The molecule has 2 nitrogen and oxygen atoms in total. The summed E-state index contributed by atoms with van der Waals surface area (Å²) >= 11 is 0. The average Bonchev–Trinajstić information content (AvgIpc) is 2.77. The highest BCUT2D eigenvalue weighted by Crippen LogP contribution is 2.46. The molecule has 0 spiro atoms. The van der Waals surface area contributed by atoms with Gasteiger partial charge >= 0.3 is 0 Å². The second-order valence-electron chi connectivity index (χ2n) is 4.24. The maximum Gasteiger partial charge on any atom is 0.0669 e. The van der Waals surface area contributed by atoms with Crippen molar-refractivity contribution in [1.82, 2.24) is 0 Å². The predicted octanol–water partition coefficient (Wildman–Crippen LogP) is 1.15. The Bertz CT molecular complexity index is 156. The molecule has 2 N–H and O–H groups in total. The molecule has 64 valence electrons. The maximum absolute atomic E-state index is 5.74. The molecular formula is C9H17NO. The van der Waals surface area contributed by atoms with Crippen LogP contribution in [-0.2, 0) is 4.74 Å². The SMILES string of the molecule is C[C@@]1(CN)CCO[C@H]1C1CC1. The number of hydrogen-bond donors (Lipinski definition) is 1. The molecule has 0 aromatic heterocycles. The first kappa shape index (κ1) is 7.56. The molecule has 11 heavy (non-hydrogen) atoms. The fraction of sp³-hybridized carbons (Fsp3) is 1.00. The van der Waals surface area contributed by atoms with Crippen molar-refractivity contribution in [2.75, 3.05) is 13.2 Å². The van der Waals surface area contributed by atoms with E-state index in [-0.39, 0.29) is 0 Å². The van der Waals surface area contributed by atoms with Crippen molar-refractivity contribution in [2.24, 2.45) is 17.1 Å². The lowest BCUT2D eigenvalue weighted by Gasteiger charge is -2.28. The topological polar surface area (TPSA) is 35.2 Å². The zero-order valence-corrected chi connectivity index (χ0v) is 7.18. The van der Waals surface area contributed by atoms with Crippen LogP contribution in [0.1, 0.15) is 26.2 Å². The van der Waals surface area contributed by atoms with E-state index in [1.54, 1.807) is 0 Å². The first-order valence-corrected chi connectivity index (χ1v) is 4.58. The van der Waals surface area contributed by atoms with Crippen molar-refractivity contribution in [1.29, 1.82) is 0 Å². The summed E-state index contributed by atoms with van der Waals surface area (Å²) in [7, 11) is 0. The molecule has 0 bridgehead atoms. The van der Waals surface area contributed by atoms with Crippen LogP contribution in [0, 0.1) is 11.3 Å². The van der Waals surface area contributed by atoms with Crippen LogP contribution in [0.3, 0.4) is 0 Å². The lowest BCUT2D eigenvalue weighted by molar-refractivity contribution is 0.0423. The monoisotopic (exact) mass is 155 g/mol. The Morgan fingerprint density at radius 1 is 1.55 bits per heavy atom. The Morgan fingerprint density at radius 3 is 2.82 bits per heavy atom. The van der Waals surface area contributed by atoms with Crippen LogP contribution in [0.25, 0.3) is 0 Å². The fourth-order valence-corrected chi connectivity index (χ4v) is 2.08. The van der Waals surface area contributed by atoms with E-state index in [9.17, 15) is 0 Å². The van der Waals surface area contributed by atoms with Crippen molar-refractivity contribution in [3.8, 4) is 0 Å². The van der Waals surface area contributed by atoms with E-state index in [1.165, 1.54) is 12.8 Å². The lowest BCUT2D eigenvalue weighted by atomic mass is 9.81. The summed E-state index contributed by atoms with van der Waals surface area (Å²) in [5.41, 5.74) is 6.04. The van der Waals surface area contributed by atoms with Crippen LogP contribution >= 0.6 is 0 Å². The van der Waals surface area contributed by atoms with Gasteiger partial charge in [-0.2, -0.15) is 0 Å². The molecule has 1 aliphatic heterocycles. The summed E-state index contributed by atoms with van der Waals surface area (Å²) in [4.78, 5) is 0. The minimum Gasteiger partial charge on any atom is -0.377 e. The Kier molecular flexibility index (Phi) is 1.69. The van der Waals surface area contributed by atoms with E-state index >= 15 is 0 Å². The smallest absolute Gasteiger partial charge is 0.0669 e. The molecule has 2 aliphatic rings. The van der Waals surface area contributed by atoms with Gasteiger partial charge in [0.05, 0.1) is 6.10 Å². The lowest BCUT2D eigenvalue weighted by Crippen LogP contribution is -2.36. The van der Waals surface area contributed by atoms with E-state index in [4.69, 9.17) is 10.5 Å². The molecular weight excluding hydrogens is 138 g/mol. The van der Waals surface area contributed by atoms with Gasteiger partial charge in [-0.3, -0.25) is 0 Å². The Morgan fingerprint density at radius 2 is 2.27 bits per heavy atom. The van der Waals surface area contributed by atoms with Gasteiger partial charge in [-0.25, -0.2) is 0 Å². The van der Waals surface area contributed by atoms with E-state index in [1.807, 2.05) is 0 Å². The van der Waals surface area contributed by atoms with Gasteiger partial charge in [-0.15, -0.1) is 0 Å². The predicted molar refractivity (Wildman–Crippen MR) is 44.2 cm³/mol. The van der Waals surface area contributed by atoms with Crippen LogP contribution in [0.2, 0.25) is 0 Å². The highest BCUT2D eigenvalue weighted by molar-refractivity contribution is 4.97. The largest absolute Gasteiger partial charge is 0.377 e. The van der Waals surface area contributed by atoms with Gasteiger partial charge in [0, 0.05) is 18.6 Å². The van der Waals surface area contributed by atoms with Crippen LogP contribution < -0.4 is 5.73 Å². The first-order chi connectivity index (χ1) is 5.26. The molecule has 2 rings (SSSR count). The second kappa shape index (κ2) is 2.46. The van der Waals surface area contributed by atoms with Crippen molar-refractivity contribution in [3.63, 3.8) is 0 Å². The second-order valence-corrected chi connectivity index (χ2v) is 4.24. The molecule has 2 fully saturated rings. The van der Waals surface area contributed by atoms with Gasteiger partial charge in [0.25, 0.3) is 0 Å². The molecule has 1 saturated carbocycles. The molecule has 2 heteroatoms. The summed E-state index contributed by atoms with van der Waals surface area (Å²) in [5, 5.41) is 0. The Hall–Kier alpha value is -0.0800. The number of nitrogens with two attached hydrogens (primary N) is 1. The molecule has 0 aromatic carbocycles. The third-order valence-electron chi connectivity index (χ3n) is 3.17. The molecule has 0 unspecified atom stereocenters. The zero-order chi connectivity index (χ0) is 7.90. The minimum atomic E-state index is 0.293. The van der Waals surface area contributed by atoms with Gasteiger partial charge in [0.1, 0.15) is 0 Å². The van der Waals surface area contributed by atoms with Gasteiger partial charge in [0.15, 0.2) is 0 Å². The van der Waals surface area contributed by atoms with Crippen molar-refractivity contribution >= 4 is 0 Å². The molecule has 0 radical (unpaired) electrons. The van der Waals surface area contributed by atoms with E-state index in [0.717, 1.165) is 25.5 Å². The third kappa shape index (κ3) is 1.18. The van der Waals surface area contributed by atoms with E-state index in [2.05, 4.69) is 6.92 Å². The minimum absolute atomic E-state index is 0.293. The summed E-state index contributed by atoms with van der Waals surface area (Å²) in [6.07, 6.45) is 4.36. The molecule has 2 atom stereocenters. The molecule has 0 aromatic rings. The molecule has 1 saturated heterocycles. The maximum atomic E-state index is 5.74. The van der Waals surface area contributed by atoms with E-state index < -0.39 is 0 Å². The van der Waals surface area contributed by atoms with Gasteiger partial charge < -0.3 is 10.5 Å². The summed E-state index contributed by atoms with van der Waals surface area (Å²) in [5.74, 6) is 0.839. The zero-order valence-electron chi connectivity index (χ0n) is 7.18. The molecule has 1 heterocycles. The normalized spacial score (nSPS) is 44.7. The van der Waals surface area contributed by atoms with E-state index in [0.29, 0.717) is 11.5 Å². The van der Waals surface area contributed by atoms with Gasteiger partial charge in [-0.1, -0.05) is 6.92 Å². The first-order valence-electron chi connectivity index (χ1n) is 4.58. The number of hydrogen-bond acceptors (Lipinski definition) is 2. The van der Waals surface area contributed by atoms with Crippen LogP contribution in [-0.4, -0.2) is 19.3 Å². The Labute approximate surface area is 68.1 Å². The van der Waals surface area contributed by atoms with Crippen molar-refractivity contribution in [2.45, 2.75) is 32.3 Å². The average molecular weight is 155 g/mol. The number of rotatable bonds is 2. The van der Waals surface area contributed by atoms with Crippen molar-refractivity contribution < 1.29 is 4.74 Å².